The van der Waals surface area contributed by atoms with E-state index in [4.69, 9.17) is 0 Å². The van der Waals surface area contributed by atoms with Crippen molar-refractivity contribution in [2.24, 2.45) is 5.92 Å². The van der Waals surface area contributed by atoms with Gasteiger partial charge in [-0.05, 0) is 59.8 Å². The molecule has 0 saturated carbocycles. The lowest BCUT2D eigenvalue weighted by Gasteiger charge is -2.40. The van der Waals surface area contributed by atoms with Crippen LogP contribution in [0.4, 0.5) is 5.82 Å². The number of piperidine rings is 1. The normalized spacial score (nSPS) is 18.9. The molecule has 2 heterocycles. The van der Waals surface area contributed by atoms with Crippen molar-refractivity contribution >= 4 is 22.6 Å². The molecule has 5 nitrogen and oxygen atoms in total. The number of aromatic nitrogens is 1. The summed E-state index contributed by atoms with van der Waals surface area (Å²) in [7, 11) is 0. The van der Waals surface area contributed by atoms with E-state index in [0.717, 1.165) is 31.9 Å². The molecule has 4 aromatic rings. The first kappa shape index (κ1) is 23.1. The largest absolute Gasteiger partial charge is 0.478 e. The first-order valence-corrected chi connectivity index (χ1v) is 12.3. The lowest BCUT2D eigenvalue weighted by Crippen LogP contribution is -2.43. The van der Waals surface area contributed by atoms with Crippen molar-refractivity contribution in [3.05, 3.63) is 108 Å². The Balaban J connectivity index is 1.33. The second-order valence-electron chi connectivity index (χ2n) is 9.42. The van der Waals surface area contributed by atoms with Gasteiger partial charge in [-0.25, -0.2) is 9.78 Å². The molecule has 0 amide bonds. The molecular weight excluding hydrogens is 434 g/mol. The molecule has 0 radical (unpaired) electrons. The van der Waals surface area contributed by atoms with Gasteiger partial charge in [0.25, 0.3) is 0 Å². The summed E-state index contributed by atoms with van der Waals surface area (Å²) in [5.41, 5.74) is 2.89. The Morgan fingerprint density at radius 3 is 2.57 bits per heavy atom. The molecule has 5 rings (SSSR count). The number of nitrogens with one attached hydrogen (secondary N) is 1. The van der Waals surface area contributed by atoms with Crippen LogP contribution in [0.2, 0.25) is 0 Å². The monoisotopic (exact) mass is 465 g/mol. The highest BCUT2D eigenvalue weighted by Crippen LogP contribution is 2.34. The molecular formula is C30H31N3O2. The predicted molar refractivity (Wildman–Crippen MR) is 141 cm³/mol. The minimum atomic E-state index is -0.948. The van der Waals surface area contributed by atoms with Gasteiger partial charge in [-0.1, -0.05) is 72.8 Å². The van der Waals surface area contributed by atoms with Gasteiger partial charge in [-0.2, -0.15) is 0 Å². The summed E-state index contributed by atoms with van der Waals surface area (Å²) in [6.07, 6.45) is 2.49. The van der Waals surface area contributed by atoms with Gasteiger partial charge in [-0.15, -0.1) is 0 Å². The van der Waals surface area contributed by atoms with E-state index < -0.39 is 5.97 Å². The fraction of sp³-hybridized carbons (Fsp3) is 0.267. The molecule has 0 bridgehead atoms. The van der Waals surface area contributed by atoms with E-state index in [9.17, 15) is 9.90 Å². The molecule has 1 fully saturated rings. The van der Waals surface area contributed by atoms with Gasteiger partial charge < -0.3 is 15.3 Å². The van der Waals surface area contributed by atoms with Crippen LogP contribution < -0.4 is 10.2 Å². The average molecular weight is 466 g/mol. The maximum atomic E-state index is 11.2. The van der Waals surface area contributed by atoms with Crippen LogP contribution in [-0.4, -0.2) is 35.7 Å². The molecule has 5 heteroatoms. The van der Waals surface area contributed by atoms with Crippen molar-refractivity contribution < 1.29 is 9.90 Å². The number of carbonyl (C=O) groups is 1. The fourth-order valence-corrected chi connectivity index (χ4v) is 5.30. The van der Waals surface area contributed by atoms with Crippen molar-refractivity contribution in [3.8, 4) is 0 Å². The van der Waals surface area contributed by atoms with Crippen molar-refractivity contribution in [1.82, 2.24) is 10.3 Å². The second kappa shape index (κ2) is 10.3. The third-order valence-corrected chi connectivity index (χ3v) is 7.28. The quantitative estimate of drug-likeness (QED) is 0.356. The Hall–Kier alpha value is -3.70. The fourth-order valence-electron chi connectivity index (χ4n) is 5.30. The first-order chi connectivity index (χ1) is 17.1. The molecule has 3 aromatic carbocycles. The van der Waals surface area contributed by atoms with E-state index in [1.165, 1.54) is 28.1 Å². The van der Waals surface area contributed by atoms with Gasteiger partial charge >= 0.3 is 5.97 Å². The molecule has 1 aromatic heterocycles. The molecule has 178 valence electrons. The number of rotatable bonds is 7. The maximum absolute atomic E-state index is 11.2. The van der Waals surface area contributed by atoms with Crippen LogP contribution in [-0.2, 0) is 0 Å². The van der Waals surface area contributed by atoms with E-state index >= 15 is 0 Å². The molecule has 2 N–H and O–H groups in total. The standard InChI is InChI=1S/C30H31N3O2/c1-21(26-13-7-11-22-10-5-6-12-27(22)26)31-18-24-16-17-33(20-28(24)23-8-3-2-4-9-23)29-15-14-25(19-32-29)30(34)35/h2-15,19,21,24,28,31H,16-18,20H2,1H3,(H,34,35)/t21-,24?,28?/m1/s1. The summed E-state index contributed by atoms with van der Waals surface area (Å²) in [6, 6.07) is 29.5. The zero-order chi connectivity index (χ0) is 24.2. The molecule has 0 aliphatic carbocycles. The number of anilines is 1. The summed E-state index contributed by atoms with van der Waals surface area (Å²) < 4.78 is 0. The molecule has 1 aliphatic heterocycles. The van der Waals surface area contributed by atoms with Crippen LogP contribution in [0, 0.1) is 5.92 Å². The molecule has 35 heavy (non-hydrogen) atoms. The molecule has 1 saturated heterocycles. The number of carboxylic acids is 1. The van der Waals surface area contributed by atoms with Crippen LogP contribution in [0.15, 0.2) is 91.1 Å². The zero-order valence-electron chi connectivity index (χ0n) is 20.0. The number of hydrogen-bond acceptors (Lipinski definition) is 4. The van der Waals surface area contributed by atoms with Gasteiger partial charge in [0.05, 0.1) is 5.56 Å². The van der Waals surface area contributed by atoms with E-state index in [0.29, 0.717) is 11.8 Å². The van der Waals surface area contributed by atoms with E-state index in [1.54, 1.807) is 6.07 Å². The summed E-state index contributed by atoms with van der Waals surface area (Å²) in [5.74, 6) is 0.741. The third-order valence-electron chi connectivity index (χ3n) is 7.28. The number of benzene rings is 3. The Bertz CT molecular complexity index is 1280. The minimum Gasteiger partial charge on any atom is -0.478 e. The average Bonchev–Trinajstić information content (AvgIpc) is 2.92. The van der Waals surface area contributed by atoms with Gasteiger partial charge in [0.2, 0.25) is 0 Å². The number of carboxylic acid groups (broad SMARTS) is 1. The highest BCUT2D eigenvalue weighted by molar-refractivity contribution is 5.87. The van der Waals surface area contributed by atoms with Gasteiger partial charge in [-0.3, -0.25) is 0 Å². The molecule has 0 spiro atoms. The van der Waals surface area contributed by atoms with Crippen molar-refractivity contribution in [2.45, 2.75) is 25.3 Å². The second-order valence-corrected chi connectivity index (χ2v) is 9.42. The Morgan fingerprint density at radius 1 is 1.03 bits per heavy atom. The first-order valence-electron chi connectivity index (χ1n) is 12.3. The summed E-state index contributed by atoms with van der Waals surface area (Å²) in [4.78, 5) is 17.9. The number of pyridine rings is 1. The summed E-state index contributed by atoms with van der Waals surface area (Å²) in [6.45, 7) is 4.95. The molecule has 3 atom stereocenters. The van der Waals surface area contributed by atoms with Crippen LogP contribution >= 0.6 is 0 Å². The Kier molecular flexibility index (Phi) is 6.77. The van der Waals surface area contributed by atoms with Crippen LogP contribution in [0.3, 0.4) is 0 Å². The van der Waals surface area contributed by atoms with Crippen LogP contribution in [0.25, 0.3) is 10.8 Å². The highest BCUT2D eigenvalue weighted by atomic mass is 16.4. The SMILES string of the molecule is C[C@@H](NCC1CCN(c2ccc(C(=O)O)cn2)CC1c1ccccc1)c1cccc2ccccc12. The number of nitrogens with zero attached hydrogens (tertiary/aromatic N) is 2. The predicted octanol–water partition coefficient (Wildman–Crippen LogP) is 5.89. The smallest absolute Gasteiger partial charge is 0.337 e. The van der Waals surface area contributed by atoms with Gasteiger partial charge in [0, 0.05) is 31.2 Å². The van der Waals surface area contributed by atoms with Crippen molar-refractivity contribution in [2.75, 3.05) is 24.5 Å². The van der Waals surface area contributed by atoms with E-state index in [2.05, 4.69) is 94.9 Å². The van der Waals surface area contributed by atoms with Crippen molar-refractivity contribution in [1.29, 1.82) is 0 Å². The Labute approximate surface area is 206 Å². The minimum absolute atomic E-state index is 0.217. The zero-order valence-corrected chi connectivity index (χ0v) is 20.0. The van der Waals surface area contributed by atoms with Crippen molar-refractivity contribution in [3.63, 3.8) is 0 Å². The van der Waals surface area contributed by atoms with Gasteiger partial charge in [0.1, 0.15) is 5.82 Å². The van der Waals surface area contributed by atoms with E-state index in [-0.39, 0.29) is 11.6 Å². The third kappa shape index (κ3) is 5.05. The number of hydrogen-bond donors (Lipinski definition) is 2. The van der Waals surface area contributed by atoms with Crippen LogP contribution in [0.1, 0.15) is 46.8 Å². The maximum Gasteiger partial charge on any atom is 0.337 e. The topological polar surface area (TPSA) is 65.5 Å². The van der Waals surface area contributed by atoms with E-state index in [1.807, 2.05) is 6.07 Å². The summed E-state index contributed by atoms with van der Waals surface area (Å²) in [5, 5.41) is 15.6. The van der Waals surface area contributed by atoms with Crippen LogP contribution in [0.5, 0.6) is 0 Å². The molecule has 1 aliphatic rings. The molecule has 2 unspecified atom stereocenters. The lowest BCUT2D eigenvalue weighted by atomic mass is 9.80. The number of aromatic carboxylic acids is 1. The highest BCUT2D eigenvalue weighted by Gasteiger charge is 2.31. The lowest BCUT2D eigenvalue weighted by molar-refractivity contribution is 0.0696. The summed E-state index contributed by atoms with van der Waals surface area (Å²) >= 11 is 0. The van der Waals surface area contributed by atoms with Gasteiger partial charge in [0.15, 0.2) is 0 Å². The Morgan fingerprint density at radius 2 is 1.80 bits per heavy atom. The number of fused-ring (bicyclic) bond motifs is 1.